The Labute approximate surface area is 216 Å². The van der Waals surface area contributed by atoms with Crippen LogP contribution in [-0.4, -0.2) is 62.3 Å². The molecule has 1 atom stereocenters. The highest BCUT2D eigenvalue weighted by molar-refractivity contribution is 9.10. The van der Waals surface area contributed by atoms with E-state index in [1.165, 1.54) is 22.5 Å². The van der Waals surface area contributed by atoms with Crippen LogP contribution < -0.4 is 5.32 Å². The molecule has 12 heteroatoms. The number of hydrogen-bond donors (Lipinski definition) is 4. The lowest BCUT2D eigenvalue weighted by Crippen LogP contribution is -2.41. The summed E-state index contributed by atoms with van der Waals surface area (Å²) in [6.45, 7) is 1.06. The normalized spacial score (nSPS) is 16.9. The van der Waals surface area contributed by atoms with Crippen molar-refractivity contribution >= 4 is 37.4 Å². The minimum absolute atomic E-state index is 0.0104. The van der Waals surface area contributed by atoms with Crippen LogP contribution in [0.2, 0.25) is 0 Å². The fraction of sp³-hybridized carbons (Fsp3) is 0.250. The number of halogens is 1. The maximum atomic E-state index is 13.2. The number of benzene rings is 2. The molecule has 0 bridgehead atoms. The predicted octanol–water partition coefficient (Wildman–Crippen LogP) is 3.79. The average molecular weight is 574 g/mol. The standard InChI is InChI=1S/C24H24BrN5O5S/c25-17-13-27-30-22(11-18(28-24(17)30)16-6-1-2-7-19(16)31)26-12-15-5-4-10-29(14-15)36(34,35)21-9-3-8-20(32)23(21)33/h1-3,6-9,11,13,15,26,31-33H,4-5,10,12,14H2. The number of phenolic OH excluding ortho intramolecular Hbond substituents is 3. The van der Waals surface area contributed by atoms with Gasteiger partial charge in [0.15, 0.2) is 17.1 Å². The molecule has 2 aromatic heterocycles. The molecule has 5 rings (SSSR count). The fourth-order valence-electron chi connectivity index (χ4n) is 4.41. The van der Waals surface area contributed by atoms with Gasteiger partial charge in [-0.2, -0.15) is 13.9 Å². The zero-order chi connectivity index (χ0) is 25.4. The molecular weight excluding hydrogens is 550 g/mol. The van der Waals surface area contributed by atoms with Crippen molar-refractivity contribution in [2.24, 2.45) is 5.92 Å². The van der Waals surface area contributed by atoms with E-state index in [1.807, 2.05) is 6.07 Å². The van der Waals surface area contributed by atoms with Crippen molar-refractivity contribution in [1.29, 1.82) is 0 Å². The zero-order valence-corrected chi connectivity index (χ0v) is 21.4. The summed E-state index contributed by atoms with van der Waals surface area (Å²) in [4.78, 5) is 4.33. The Kier molecular flexibility index (Phi) is 6.49. The van der Waals surface area contributed by atoms with Crippen LogP contribution in [-0.2, 0) is 10.0 Å². The van der Waals surface area contributed by atoms with Gasteiger partial charge in [0.05, 0.1) is 16.4 Å². The van der Waals surface area contributed by atoms with Crippen LogP contribution in [0.4, 0.5) is 5.82 Å². The molecule has 10 nitrogen and oxygen atoms in total. The molecular formula is C24H24BrN5O5S. The Bertz CT molecular complexity index is 1540. The number of aromatic nitrogens is 3. The third-order valence-electron chi connectivity index (χ3n) is 6.26. The highest BCUT2D eigenvalue weighted by Crippen LogP contribution is 2.35. The van der Waals surface area contributed by atoms with Crippen molar-refractivity contribution in [2.75, 3.05) is 25.0 Å². The van der Waals surface area contributed by atoms with E-state index in [0.29, 0.717) is 46.7 Å². The Morgan fingerprint density at radius 2 is 1.86 bits per heavy atom. The van der Waals surface area contributed by atoms with Gasteiger partial charge in [0.25, 0.3) is 0 Å². The summed E-state index contributed by atoms with van der Waals surface area (Å²) in [6.07, 6.45) is 3.11. The predicted molar refractivity (Wildman–Crippen MR) is 138 cm³/mol. The van der Waals surface area contributed by atoms with Crippen LogP contribution in [0.5, 0.6) is 17.2 Å². The van der Waals surface area contributed by atoms with Crippen molar-refractivity contribution in [3.05, 3.63) is 59.2 Å². The summed E-state index contributed by atoms with van der Waals surface area (Å²) in [5.41, 5.74) is 1.72. The molecule has 3 heterocycles. The van der Waals surface area contributed by atoms with E-state index in [1.54, 1.807) is 35.0 Å². The van der Waals surface area contributed by atoms with Gasteiger partial charge in [-0.05, 0) is 59.0 Å². The number of nitrogens with one attached hydrogen (secondary N) is 1. The fourth-order valence-corrected chi connectivity index (χ4v) is 6.41. The number of para-hydroxylation sites is 2. The molecule has 188 valence electrons. The van der Waals surface area contributed by atoms with Crippen molar-refractivity contribution < 1.29 is 23.7 Å². The summed E-state index contributed by atoms with van der Waals surface area (Å²) in [5, 5.41) is 38.0. The lowest BCUT2D eigenvalue weighted by molar-refractivity contribution is 0.274. The van der Waals surface area contributed by atoms with Crippen LogP contribution in [0, 0.1) is 5.92 Å². The number of fused-ring (bicyclic) bond motifs is 1. The second-order valence-electron chi connectivity index (χ2n) is 8.65. The van der Waals surface area contributed by atoms with Gasteiger partial charge < -0.3 is 20.6 Å². The number of rotatable bonds is 6. The molecule has 36 heavy (non-hydrogen) atoms. The number of phenols is 3. The summed E-state index contributed by atoms with van der Waals surface area (Å²) in [6, 6.07) is 12.7. The summed E-state index contributed by atoms with van der Waals surface area (Å²) in [5.74, 6) is -0.367. The highest BCUT2D eigenvalue weighted by Gasteiger charge is 2.32. The van der Waals surface area contributed by atoms with Gasteiger partial charge in [-0.1, -0.05) is 18.2 Å². The van der Waals surface area contributed by atoms with Crippen LogP contribution in [0.25, 0.3) is 16.9 Å². The third-order valence-corrected chi connectivity index (χ3v) is 8.71. The van der Waals surface area contributed by atoms with E-state index in [-0.39, 0.29) is 23.1 Å². The molecule has 1 unspecified atom stereocenters. The van der Waals surface area contributed by atoms with Crippen molar-refractivity contribution in [1.82, 2.24) is 18.9 Å². The molecule has 0 aliphatic carbocycles. The molecule has 1 aliphatic heterocycles. The molecule has 2 aromatic carbocycles. The Balaban J connectivity index is 1.39. The minimum Gasteiger partial charge on any atom is -0.507 e. The Morgan fingerprint density at radius 3 is 2.67 bits per heavy atom. The van der Waals surface area contributed by atoms with E-state index < -0.39 is 21.5 Å². The molecule has 1 saturated heterocycles. The molecule has 0 spiro atoms. The summed E-state index contributed by atoms with van der Waals surface area (Å²) < 4.78 is 30.0. The van der Waals surface area contributed by atoms with Gasteiger partial charge in [0.2, 0.25) is 10.0 Å². The van der Waals surface area contributed by atoms with Gasteiger partial charge in [0.1, 0.15) is 16.5 Å². The van der Waals surface area contributed by atoms with Gasteiger partial charge in [0, 0.05) is 31.3 Å². The minimum atomic E-state index is -3.98. The maximum Gasteiger partial charge on any atom is 0.246 e. The number of piperidine rings is 1. The van der Waals surface area contributed by atoms with E-state index in [4.69, 9.17) is 0 Å². The van der Waals surface area contributed by atoms with Crippen LogP contribution in [0.1, 0.15) is 12.8 Å². The maximum absolute atomic E-state index is 13.2. The van der Waals surface area contributed by atoms with Gasteiger partial charge in [-0.15, -0.1) is 0 Å². The molecule has 0 radical (unpaired) electrons. The lowest BCUT2D eigenvalue weighted by atomic mass is 10.00. The van der Waals surface area contributed by atoms with Crippen molar-refractivity contribution in [3.63, 3.8) is 0 Å². The first-order valence-electron chi connectivity index (χ1n) is 11.3. The average Bonchev–Trinajstić information content (AvgIpc) is 3.25. The highest BCUT2D eigenvalue weighted by atomic mass is 79.9. The van der Waals surface area contributed by atoms with Crippen LogP contribution >= 0.6 is 15.9 Å². The van der Waals surface area contributed by atoms with E-state index >= 15 is 0 Å². The second-order valence-corrected chi connectivity index (χ2v) is 11.4. The number of hydrogen-bond acceptors (Lipinski definition) is 8. The van der Waals surface area contributed by atoms with Gasteiger partial charge in [-0.25, -0.2) is 13.4 Å². The van der Waals surface area contributed by atoms with Gasteiger partial charge in [-0.3, -0.25) is 0 Å². The molecule has 0 saturated carbocycles. The van der Waals surface area contributed by atoms with Crippen LogP contribution in [0.15, 0.2) is 64.1 Å². The zero-order valence-electron chi connectivity index (χ0n) is 19.0. The first-order valence-corrected chi connectivity index (χ1v) is 13.6. The third kappa shape index (κ3) is 4.47. The number of nitrogens with zero attached hydrogens (tertiary/aromatic N) is 4. The van der Waals surface area contributed by atoms with Gasteiger partial charge >= 0.3 is 0 Å². The number of aromatic hydroxyl groups is 3. The quantitative estimate of drug-likeness (QED) is 0.255. The van der Waals surface area contributed by atoms with Crippen molar-refractivity contribution in [2.45, 2.75) is 17.7 Å². The van der Waals surface area contributed by atoms with E-state index in [0.717, 1.165) is 6.42 Å². The van der Waals surface area contributed by atoms with Crippen LogP contribution in [0.3, 0.4) is 0 Å². The smallest absolute Gasteiger partial charge is 0.246 e. The van der Waals surface area contributed by atoms with Crippen molar-refractivity contribution in [3.8, 4) is 28.5 Å². The molecule has 1 fully saturated rings. The Morgan fingerprint density at radius 1 is 1.08 bits per heavy atom. The second kappa shape index (κ2) is 9.60. The SMILES string of the molecule is O=S(=O)(c1cccc(O)c1O)N1CCCC(CNc2cc(-c3ccccc3O)nc3c(Br)cnn23)C1. The topological polar surface area (TPSA) is 140 Å². The number of anilines is 1. The summed E-state index contributed by atoms with van der Waals surface area (Å²) >= 11 is 3.47. The monoisotopic (exact) mass is 573 g/mol. The largest absolute Gasteiger partial charge is 0.507 e. The molecule has 4 aromatic rings. The lowest BCUT2D eigenvalue weighted by Gasteiger charge is -2.32. The molecule has 4 N–H and O–H groups in total. The summed E-state index contributed by atoms with van der Waals surface area (Å²) in [7, 11) is -3.98. The molecule has 0 amide bonds. The number of sulfonamides is 1. The first-order chi connectivity index (χ1) is 17.3. The van der Waals surface area contributed by atoms with E-state index in [2.05, 4.69) is 31.3 Å². The Hall–Kier alpha value is -3.35. The van der Waals surface area contributed by atoms with E-state index in [9.17, 15) is 23.7 Å². The molecule has 1 aliphatic rings. The first kappa shape index (κ1) is 24.3.